The lowest BCUT2D eigenvalue weighted by Gasteiger charge is -2.21. The molecule has 78 valence electrons. The summed E-state index contributed by atoms with van der Waals surface area (Å²) in [5, 5.41) is 16.9. The van der Waals surface area contributed by atoms with E-state index in [1.54, 1.807) is 26.8 Å². The van der Waals surface area contributed by atoms with Gasteiger partial charge in [0.15, 0.2) is 5.92 Å². The maximum absolute atomic E-state index is 11.2. The molecule has 0 aliphatic carbocycles. The van der Waals surface area contributed by atoms with Crippen LogP contribution in [-0.2, 0) is 14.3 Å². The van der Waals surface area contributed by atoms with E-state index >= 15 is 0 Å². The van der Waals surface area contributed by atoms with Crippen LogP contribution in [0.4, 0.5) is 0 Å². The molecule has 0 amide bonds. The predicted octanol–water partition coefficient (Wildman–Crippen LogP) is 0.943. The molecule has 1 atom stereocenters. The van der Waals surface area contributed by atoms with Crippen molar-refractivity contribution in [3.05, 3.63) is 0 Å². The van der Waals surface area contributed by atoms with Crippen molar-refractivity contribution in [2.24, 2.45) is 5.92 Å². The van der Waals surface area contributed by atoms with Gasteiger partial charge in [0.25, 0.3) is 0 Å². The summed E-state index contributed by atoms with van der Waals surface area (Å²) in [6.45, 7) is 4.91. The maximum atomic E-state index is 11.2. The molecule has 0 aliphatic rings. The van der Waals surface area contributed by atoms with Gasteiger partial charge in [0.1, 0.15) is 5.60 Å². The molecule has 0 rings (SSSR count). The number of ether oxygens (including phenoxy) is 1. The average Bonchev–Trinajstić information content (AvgIpc) is 1.95. The SMILES string of the molecule is CC(C)(C)OC(=O)C(CC#N)C(=O)O. The second-order valence-electron chi connectivity index (χ2n) is 3.79. The number of aliphatic carboxylic acids is 1. The average molecular weight is 199 g/mol. The van der Waals surface area contributed by atoms with Crippen molar-refractivity contribution in [1.29, 1.82) is 5.26 Å². The van der Waals surface area contributed by atoms with Crippen molar-refractivity contribution in [3.63, 3.8) is 0 Å². The quantitative estimate of drug-likeness (QED) is 0.540. The Kier molecular flexibility index (Phi) is 4.09. The lowest BCUT2D eigenvalue weighted by molar-refractivity contribution is -0.166. The van der Waals surface area contributed by atoms with Gasteiger partial charge >= 0.3 is 11.9 Å². The number of rotatable bonds is 3. The van der Waals surface area contributed by atoms with E-state index in [0.29, 0.717) is 0 Å². The highest BCUT2D eigenvalue weighted by Gasteiger charge is 2.30. The number of carboxylic acid groups (broad SMARTS) is 1. The highest BCUT2D eigenvalue weighted by atomic mass is 16.6. The number of carboxylic acids is 1. The third kappa shape index (κ3) is 4.45. The van der Waals surface area contributed by atoms with Gasteiger partial charge in [-0.05, 0) is 20.8 Å². The first-order chi connectivity index (χ1) is 6.28. The monoisotopic (exact) mass is 199 g/mol. The first kappa shape index (κ1) is 12.4. The van der Waals surface area contributed by atoms with Crippen molar-refractivity contribution >= 4 is 11.9 Å². The summed E-state index contributed by atoms with van der Waals surface area (Å²) in [6, 6.07) is 1.63. The van der Waals surface area contributed by atoms with Crippen LogP contribution in [0.25, 0.3) is 0 Å². The number of nitriles is 1. The van der Waals surface area contributed by atoms with Gasteiger partial charge in [-0.15, -0.1) is 0 Å². The molecule has 0 aromatic heterocycles. The topological polar surface area (TPSA) is 87.4 Å². The predicted molar refractivity (Wildman–Crippen MR) is 47.2 cm³/mol. The van der Waals surface area contributed by atoms with Crippen LogP contribution in [0, 0.1) is 17.2 Å². The summed E-state index contributed by atoms with van der Waals surface area (Å²) in [5.74, 6) is -3.59. The van der Waals surface area contributed by atoms with Crippen LogP contribution in [0.15, 0.2) is 0 Å². The second kappa shape index (κ2) is 4.61. The fourth-order valence-electron chi connectivity index (χ4n) is 0.736. The zero-order valence-corrected chi connectivity index (χ0v) is 8.40. The Bertz CT molecular complexity index is 272. The molecule has 14 heavy (non-hydrogen) atoms. The molecule has 0 aromatic rings. The molecular weight excluding hydrogens is 186 g/mol. The standard InChI is InChI=1S/C9H13NO4/c1-9(2,3)14-8(13)6(4-5-10)7(11)12/h6H,4H2,1-3H3,(H,11,12). The molecule has 0 aliphatic heterocycles. The van der Waals surface area contributed by atoms with Gasteiger partial charge in [-0.3, -0.25) is 9.59 Å². The molecule has 5 nitrogen and oxygen atoms in total. The van der Waals surface area contributed by atoms with E-state index in [4.69, 9.17) is 15.1 Å². The Hall–Kier alpha value is -1.57. The largest absolute Gasteiger partial charge is 0.481 e. The van der Waals surface area contributed by atoms with Gasteiger partial charge in [-0.2, -0.15) is 5.26 Å². The first-order valence-electron chi connectivity index (χ1n) is 4.10. The first-order valence-corrected chi connectivity index (χ1v) is 4.10. The molecule has 5 heteroatoms. The smallest absolute Gasteiger partial charge is 0.321 e. The Morgan fingerprint density at radius 3 is 2.29 bits per heavy atom. The number of carbonyl (C=O) groups is 2. The van der Waals surface area contributed by atoms with Crippen LogP contribution in [0.1, 0.15) is 27.2 Å². The summed E-state index contributed by atoms with van der Waals surface area (Å²) in [7, 11) is 0. The molecule has 0 heterocycles. The lowest BCUT2D eigenvalue weighted by atomic mass is 10.1. The van der Waals surface area contributed by atoms with E-state index < -0.39 is 23.5 Å². The minimum absolute atomic E-state index is 0.371. The highest BCUT2D eigenvalue weighted by molar-refractivity contribution is 5.94. The van der Waals surface area contributed by atoms with Crippen LogP contribution in [0.3, 0.4) is 0 Å². The van der Waals surface area contributed by atoms with Crippen LogP contribution in [-0.4, -0.2) is 22.6 Å². The van der Waals surface area contributed by atoms with Crippen LogP contribution >= 0.6 is 0 Å². The second-order valence-corrected chi connectivity index (χ2v) is 3.79. The molecule has 0 spiro atoms. The third-order valence-corrected chi connectivity index (χ3v) is 1.28. The van der Waals surface area contributed by atoms with Gasteiger partial charge in [0, 0.05) is 0 Å². The van der Waals surface area contributed by atoms with Crippen molar-refractivity contribution in [2.75, 3.05) is 0 Å². The summed E-state index contributed by atoms with van der Waals surface area (Å²) >= 11 is 0. The fourth-order valence-corrected chi connectivity index (χ4v) is 0.736. The van der Waals surface area contributed by atoms with E-state index in [2.05, 4.69) is 0 Å². The Balaban J connectivity index is 4.47. The minimum atomic E-state index is -1.39. The molecule has 0 saturated carbocycles. The third-order valence-electron chi connectivity index (χ3n) is 1.28. The lowest BCUT2D eigenvalue weighted by Crippen LogP contribution is -2.32. The van der Waals surface area contributed by atoms with Gasteiger partial charge in [-0.25, -0.2) is 0 Å². The van der Waals surface area contributed by atoms with E-state index in [-0.39, 0.29) is 6.42 Å². The van der Waals surface area contributed by atoms with Gasteiger partial charge in [0.05, 0.1) is 12.5 Å². The molecule has 0 radical (unpaired) electrons. The zero-order chi connectivity index (χ0) is 11.4. The molecule has 0 bridgehead atoms. The molecule has 1 unspecified atom stereocenters. The van der Waals surface area contributed by atoms with Crippen molar-refractivity contribution in [3.8, 4) is 6.07 Å². The number of esters is 1. The Morgan fingerprint density at radius 1 is 1.50 bits per heavy atom. The van der Waals surface area contributed by atoms with E-state index in [0.717, 1.165) is 0 Å². The molecule has 0 aromatic carbocycles. The Morgan fingerprint density at radius 2 is 2.00 bits per heavy atom. The number of carbonyl (C=O) groups excluding carboxylic acids is 1. The number of nitrogens with zero attached hydrogens (tertiary/aromatic N) is 1. The molecular formula is C9H13NO4. The zero-order valence-electron chi connectivity index (χ0n) is 8.40. The number of hydrogen-bond donors (Lipinski definition) is 1. The van der Waals surface area contributed by atoms with Crippen LogP contribution in [0.5, 0.6) is 0 Å². The van der Waals surface area contributed by atoms with Crippen molar-refractivity contribution in [2.45, 2.75) is 32.8 Å². The fraction of sp³-hybridized carbons (Fsp3) is 0.667. The minimum Gasteiger partial charge on any atom is -0.481 e. The highest BCUT2D eigenvalue weighted by Crippen LogP contribution is 2.13. The van der Waals surface area contributed by atoms with Crippen LogP contribution in [0.2, 0.25) is 0 Å². The summed E-state index contributed by atoms with van der Waals surface area (Å²) in [4.78, 5) is 21.8. The molecule has 1 N–H and O–H groups in total. The van der Waals surface area contributed by atoms with Gasteiger partial charge in [-0.1, -0.05) is 0 Å². The van der Waals surface area contributed by atoms with Crippen molar-refractivity contribution < 1.29 is 19.4 Å². The van der Waals surface area contributed by atoms with Crippen molar-refractivity contribution in [1.82, 2.24) is 0 Å². The Labute approximate surface area is 82.3 Å². The van der Waals surface area contributed by atoms with E-state index in [1.807, 2.05) is 0 Å². The van der Waals surface area contributed by atoms with Gasteiger partial charge in [0.2, 0.25) is 0 Å². The van der Waals surface area contributed by atoms with E-state index in [1.165, 1.54) is 0 Å². The normalized spacial score (nSPS) is 12.7. The van der Waals surface area contributed by atoms with Gasteiger partial charge < -0.3 is 9.84 Å². The van der Waals surface area contributed by atoms with E-state index in [9.17, 15) is 9.59 Å². The summed E-state index contributed by atoms with van der Waals surface area (Å²) in [6.07, 6.45) is -0.371. The van der Waals surface area contributed by atoms with Crippen LogP contribution < -0.4 is 0 Å². The summed E-state index contributed by atoms with van der Waals surface area (Å²) in [5.41, 5.74) is -0.736. The maximum Gasteiger partial charge on any atom is 0.321 e. The number of hydrogen-bond acceptors (Lipinski definition) is 4. The summed E-state index contributed by atoms with van der Waals surface area (Å²) < 4.78 is 4.84. The molecule has 0 saturated heterocycles. The molecule has 0 fully saturated rings.